The van der Waals surface area contributed by atoms with E-state index in [2.05, 4.69) is 10.6 Å². The van der Waals surface area contributed by atoms with Gasteiger partial charge in [-0.15, -0.1) is 0 Å². The quantitative estimate of drug-likeness (QED) is 0.894. The summed E-state index contributed by atoms with van der Waals surface area (Å²) in [5.74, 6) is -0.497. The van der Waals surface area contributed by atoms with E-state index in [1.54, 1.807) is 36.6 Å². The van der Waals surface area contributed by atoms with Crippen LogP contribution < -0.4 is 10.6 Å². The molecule has 7 heteroatoms. The van der Waals surface area contributed by atoms with E-state index in [4.69, 9.17) is 11.6 Å². The van der Waals surface area contributed by atoms with Crippen molar-refractivity contribution in [2.75, 3.05) is 11.6 Å². The predicted molar refractivity (Wildman–Crippen MR) is 86.0 cm³/mol. The van der Waals surface area contributed by atoms with Gasteiger partial charge in [-0.25, -0.2) is 9.18 Å². The van der Waals surface area contributed by atoms with Crippen LogP contribution in [0.4, 0.5) is 14.9 Å². The maximum absolute atomic E-state index is 13.0. The molecule has 2 amide bonds. The molecule has 1 atom stereocenters. The van der Waals surface area contributed by atoms with Gasteiger partial charge in [-0.05, 0) is 42.0 Å². The Labute approximate surface area is 135 Å². The highest BCUT2D eigenvalue weighted by molar-refractivity contribution is 7.84. The van der Waals surface area contributed by atoms with Gasteiger partial charge in [0.1, 0.15) is 5.82 Å². The van der Waals surface area contributed by atoms with E-state index in [1.165, 1.54) is 12.1 Å². The molecule has 0 aliphatic rings. The molecule has 2 rings (SSSR count). The summed E-state index contributed by atoms with van der Waals surface area (Å²) in [6.45, 7) is 0.225. The van der Waals surface area contributed by atoms with Gasteiger partial charge in [-0.3, -0.25) is 4.21 Å². The lowest BCUT2D eigenvalue weighted by Gasteiger charge is -2.08. The van der Waals surface area contributed by atoms with Gasteiger partial charge in [-0.1, -0.05) is 17.7 Å². The summed E-state index contributed by atoms with van der Waals surface area (Å²) >= 11 is 5.67. The molecule has 0 fully saturated rings. The fourth-order valence-electron chi connectivity index (χ4n) is 1.74. The van der Waals surface area contributed by atoms with Crippen LogP contribution in [0, 0.1) is 5.82 Å². The molecule has 0 heterocycles. The summed E-state index contributed by atoms with van der Waals surface area (Å²) in [5.41, 5.74) is 1.28. The molecule has 0 saturated heterocycles. The standard InChI is InChI=1S/C15H14ClFN2O2S/c1-22(21)12-5-3-11(4-6-12)19-15(20)18-9-10-2-7-14(17)13(16)8-10/h2-8H,9H2,1H3,(H2,18,19,20)/t22-/m0/s1. The van der Waals surface area contributed by atoms with E-state index < -0.39 is 22.6 Å². The van der Waals surface area contributed by atoms with Crippen molar-refractivity contribution in [3.63, 3.8) is 0 Å². The van der Waals surface area contributed by atoms with Gasteiger partial charge in [0.15, 0.2) is 0 Å². The van der Waals surface area contributed by atoms with Crippen LogP contribution >= 0.6 is 11.6 Å². The van der Waals surface area contributed by atoms with Gasteiger partial charge in [-0.2, -0.15) is 0 Å². The molecule has 0 bridgehead atoms. The van der Waals surface area contributed by atoms with Crippen molar-refractivity contribution >= 4 is 34.1 Å². The first-order valence-electron chi connectivity index (χ1n) is 6.38. The lowest BCUT2D eigenvalue weighted by molar-refractivity contribution is 0.251. The van der Waals surface area contributed by atoms with Crippen molar-refractivity contribution in [3.8, 4) is 0 Å². The molecule has 116 valence electrons. The number of halogens is 2. The van der Waals surface area contributed by atoms with E-state index in [1.807, 2.05) is 0 Å². The molecule has 2 aromatic rings. The summed E-state index contributed by atoms with van der Waals surface area (Å²) in [6.07, 6.45) is 1.59. The minimum absolute atomic E-state index is 0.0165. The van der Waals surface area contributed by atoms with Crippen LogP contribution in [0.15, 0.2) is 47.4 Å². The molecule has 0 unspecified atom stereocenters. The maximum Gasteiger partial charge on any atom is 0.319 e. The van der Waals surface area contributed by atoms with E-state index in [-0.39, 0.29) is 11.6 Å². The minimum atomic E-state index is -1.05. The predicted octanol–water partition coefficient (Wildman–Crippen LogP) is 3.54. The summed E-state index contributed by atoms with van der Waals surface area (Å²) in [6, 6.07) is 10.6. The average molecular weight is 341 g/mol. The fourth-order valence-corrected chi connectivity index (χ4v) is 2.46. The number of carbonyl (C=O) groups excluding carboxylic acids is 1. The van der Waals surface area contributed by atoms with Gasteiger partial charge in [0.25, 0.3) is 0 Å². The number of amides is 2. The summed E-state index contributed by atoms with van der Waals surface area (Å²) in [4.78, 5) is 12.5. The normalized spacial score (nSPS) is 11.8. The fraction of sp³-hybridized carbons (Fsp3) is 0.133. The first-order valence-corrected chi connectivity index (χ1v) is 8.31. The second kappa shape index (κ2) is 7.38. The molecule has 4 nitrogen and oxygen atoms in total. The molecule has 0 aliphatic carbocycles. The van der Waals surface area contributed by atoms with Crippen LogP contribution in [0.25, 0.3) is 0 Å². The van der Waals surface area contributed by atoms with Gasteiger partial charge in [0, 0.05) is 34.2 Å². The monoisotopic (exact) mass is 340 g/mol. The zero-order valence-corrected chi connectivity index (χ0v) is 13.3. The Morgan fingerprint density at radius 1 is 1.23 bits per heavy atom. The third-order valence-electron chi connectivity index (χ3n) is 2.88. The van der Waals surface area contributed by atoms with Crippen LogP contribution in [0.3, 0.4) is 0 Å². The summed E-state index contributed by atoms with van der Waals surface area (Å²) in [7, 11) is -1.05. The maximum atomic E-state index is 13.0. The number of benzene rings is 2. The van der Waals surface area contributed by atoms with Gasteiger partial charge in [0.2, 0.25) is 0 Å². The van der Waals surface area contributed by atoms with Crippen molar-refractivity contribution < 1.29 is 13.4 Å². The highest BCUT2D eigenvalue weighted by Gasteiger charge is 2.05. The molecule has 2 N–H and O–H groups in total. The molecule has 0 aliphatic heterocycles. The van der Waals surface area contributed by atoms with Crippen molar-refractivity contribution in [2.24, 2.45) is 0 Å². The molecule has 2 aromatic carbocycles. The van der Waals surface area contributed by atoms with Crippen LogP contribution in [0.1, 0.15) is 5.56 Å². The Morgan fingerprint density at radius 3 is 2.50 bits per heavy atom. The number of urea groups is 1. The van der Waals surface area contributed by atoms with Gasteiger partial charge < -0.3 is 10.6 Å². The zero-order valence-electron chi connectivity index (χ0n) is 11.7. The Bertz CT molecular complexity index is 707. The molecule has 0 saturated carbocycles. The summed E-state index contributed by atoms with van der Waals surface area (Å²) in [5, 5.41) is 5.31. The second-order valence-corrected chi connectivity index (χ2v) is 6.32. The van der Waals surface area contributed by atoms with Crippen molar-refractivity contribution in [2.45, 2.75) is 11.4 Å². The molecule has 0 spiro atoms. The smallest absolute Gasteiger partial charge is 0.319 e. The van der Waals surface area contributed by atoms with Gasteiger partial charge in [0.05, 0.1) is 5.02 Å². The molecule has 0 aromatic heterocycles. The van der Waals surface area contributed by atoms with Crippen LogP contribution in [-0.2, 0) is 17.3 Å². The van der Waals surface area contributed by atoms with Crippen molar-refractivity contribution in [1.29, 1.82) is 0 Å². The third kappa shape index (κ3) is 4.54. The lowest BCUT2D eigenvalue weighted by Crippen LogP contribution is -2.28. The molecule has 22 heavy (non-hydrogen) atoms. The van der Waals surface area contributed by atoms with E-state index in [9.17, 15) is 13.4 Å². The number of anilines is 1. The number of hydrogen-bond acceptors (Lipinski definition) is 2. The number of nitrogens with one attached hydrogen (secondary N) is 2. The second-order valence-electron chi connectivity index (χ2n) is 4.53. The third-order valence-corrected chi connectivity index (χ3v) is 4.11. The Kier molecular flexibility index (Phi) is 5.51. The molecular weight excluding hydrogens is 327 g/mol. The van der Waals surface area contributed by atoms with Crippen LogP contribution in [-0.4, -0.2) is 16.5 Å². The molecule has 0 radical (unpaired) electrons. The Morgan fingerprint density at radius 2 is 1.91 bits per heavy atom. The SMILES string of the molecule is C[S@](=O)c1ccc(NC(=O)NCc2ccc(F)c(Cl)c2)cc1. The van der Waals surface area contributed by atoms with Crippen molar-refractivity contribution in [1.82, 2.24) is 5.32 Å². The highest BCUT2D eigenvalue weighted by atomic mass is 35.5. The number of carbonyl (C=O) groups is 1. The van der Waals surface area contributed by atoms with Gasteiger partial charge >= 0.3 is 6.03 Å². The number of rotatable bonds is 4. The minimum Gasteiger partial charge on any atom is -0.334 e. The van der Waals surface area contributed by atoms with Crippen molar-refractivity contribution in [3.05, 3.63) is 58.9 Å². The first kappa shape index (κ1) is 16.5. The highest BCUT2D eigenvalue weighted by Crippen LogP contribution is 2.16. The summed E-state index contributed by atoms with van der Waals surface area (Å²) < 4.78 is 24.3. The van der Waals surface area contributed by atoms with E-state index in [0.29, 0.717) is 16.1 Å². The van der Waals surface area contributed by atoms with E-state index in [0.717, 1.165) is 0 Å². The van der Waals surface area contributed by atoms with Crippen LogP contribution in [0.5, 0.6) is 0 Å². The zero-order chi connectivity index (χ0) is 16.1. The lowest BCUT2D eigenvalue weighted by atomic mass is 10.2. The largest absolute Gasteiger partial charge is 0.334 e. The molecular formula is C15H14ClFN2O2S. The van der Waals surface area contributed by atoms with Crippen LogP contribution in [0.2, 0.25) is 5.02 Å². The Hall–Kier alpha value is -1.92. The topological polar surface area (TPSA) is 58.2 Å². The van der Waals surface area contributed by atoms with E-state index >= 15 is 0 Å². The number of hydrogen-bond donors (Lipinski definition) is 2. The first-order chi connectivity index (χ1) is 10.5. The Balaban J connectivity index is 1.89. The average Bonchev–Trinajstić information content (AvgIpc) is 2.49.